The number of hydrogen-bond acceptors (Lipinski definition) is 3. The Labute approximate surface area is 120 Å². The summed E-state index contributed by atoms with van der Waals surface area (Å²) in [5.74, 6) is 0.819. The first kappa shape index (κ1) is 13.7. The minimum Gasteiger partial charge on any atom is -0.491 e. The lowest BCUT2D eigenvalue weighted by Crippen LogP contribution is -2.18. The molecule has 18 heavy (non-hydrogen) atoms. The van der Waals surface area contributed by atoms with Crippen molar-refractivity contribution in [3.8, 4) is 5.75 Å². The zero-order valence-electron chi connectivity index (χ0n) is 9.61. The third-order valence-electron chi connectivity index (χ3n) is 2.56. The molecule has 1 aromatic carbocycles. The van der Waals surface area contributed by atoms with E-state index >= 15 is 0 Å². The van der Waals surface area contributed by atoms with Gasteiger partial charge in [0.25, 0.3) is 0 Å². The van der Waals surface area contributed by atoms with Crippen LogP contribution in [0.5, 0.6) is 5.75 Å². The first-order valence-electron chi connectivity index (χ1n) is 5.53. The number of halogens is 2. The number of nitrogens with two attached hydrogens (primary N) is 1. The summed E-state index contributed by atoms with van der Waals surface area (Å²) in [6, 6.07) is 11.3. The van der Waals surface area contributed by atoms with Crippen LogP contribution in [0.4, 0.5) is 0 Å². The second-order valence-electron chi connectivity index (χ2n) is 3.82. The fourth-order valence-electron chi connectivity index (χ4n) is 1.57. The van der Waals surface area contributed by atoms with Crippen LogP contribution in [0.1, 0.15) is 10.8 Å². The largest absolute Gasteiger partial charge is 0.491 e. The minimum absolute atomic E-state index is 0.138. The first-order valence-corrected chi connectivity index (χ1v) is 7.10. The molecule has 0 spiro atoms. The molecule has 0 aliphatic carbocycles. The predicted octanol–water partition coefficient (Wildman–Crippen LogP) is 4.18. The molecular formula is C13H13Cl2NOS. The molecule has 0 radical (unpaired) electrons. The maximum Gasteiger partial charge on any atom is 0.137 e. The van der Waals surface area contributed by atoms with E-state index in [0.29, 0.717) is 23.9 Å². The number of para-hydroxylation sites is 1. The second kappa shape index (κ2) is 6.43. The summed E-state index contributed by atoms with van der Waals surface area (Å²) >= 11 is 13.5. The van der Waals surface area contributed by atoms with Crippen molar-refractivity contribution in [1.82, 2.24) is 0 Å². The van der Waals surface area contributed by atoms with Crippen LogP contribution in [0.2, 0.25) is 9.36 Å². The molecule has 2 nitrogen and oxygen atoms in total. The standard InChI is InChI=1S/C13H13Cl2NOS/c14-10-3-1-2-4-11(10)17-8-9(7-16)12-5-6-13(15)18-12/h1-6,9H,7-8,16H2. The summed E-state index contributed by atoms with van der Waals surface area (Å²) in [7, 11) is 0. The van der Waals surface area contributed by atoms with Crippen molar-refractivity contribution in [2.75, 3.05) is 13.2 Å². The number of rotatable bonds is 5. The van der Waals surface area contributed by atoms with Crippen molar-refractivity contribution in [2.45, 2.75) is 5.92 Å². The lowest BCUT2D eigenvalue weighted by atomic mass is 10.1. The Bertz CT molecular complexity index is 515. The quantitative estimate of drug-likeness (QED) is 0.899. The maximum absolute atomic E-state index is 6.03. The summed E-state index contributed by atoms with van der Waals surface area (Å²) in [5.41, 5.74) is 5.77. The van der Waals surface area contributed by atoms with Gasteiger partial charge in [-0.15, -0.1) is 11.3 Å². The van der Waals surface area contributed by atoms with E-state index < -0.39 is 0 Å². The molecule has 0 fully saturated rings. The third kappa shape index (κ3) is 3.39. The van der Waals surface area contributed by atoms with Gasteiger partial charge >= 0.3 is 0 Å². The van der Waals surface area contributed by atoms with Crippen molar-refractivity contribution in [2.24, 2.45) is 5.73 Å². The zero-order chi connectivity index (χ0) is 13.0. The molecule has 96 valence electrons. The molecule has 1 aromatic heterocycles. The van der Waals surface area contributed by atoms with Crippen LogP contribution < -0.4 is 10.5 Å². The smallest absolute Gasteiger partial charge is 0.137 e. The molecule has 2 N–H and O–H groups in total. The van der Waals surface area contributed by atoms with Crippen molar-refractivity contribution in [3.63, 3.8) is 0 Å². The number of benzene rings is 1. The molecular weight excluding hydrogens is 289 g/mol. The van der Waals surface area contributed by atoms with Crippen LogP contribution in [0.15, 0.2) is 36.4 Å². The van der Waals surface area contributed by atoms with E-state index in [4.69, 9.17) is 33.7 Å². The molecule has 0 saturated heterocycles. The van der Waals surface area contributed by atoms with Crippen LogP contribution in [0.3, 0.4) is 0 Å². The van der Waals surface area contributed by atoms with E-state index in [0.717, 1.165) is 9.21 Å². The molecule has 2 aromatic rings. The Morgan fingerprint density at radius 3 is 2.56 bits per heavy atom. The van der Waals surface area contributed by atoms with Gasteiger partial charge in [-0.05, 0) is 24.3 Å². The molecule has 0 aliphatic rings. The van der Waals surface area contributed by atoms with Crippen molar-refractivity contribution in [1.29, 1.82) is 0 Å². The highest BCUT2D eigenvalue weighted by molar-refractivity contribution is 7.16. The summed E-state index contributed by atoms with van der Waals surface area (Å²) in [6.45, 7) is 1.01. The van der Waals surface area contributed by atoms with Crippen molar-refractivity contribution in [3.05, 3.63) is 50.6 Å². The van der Waals surface area contributed by atoms with Crippen LogP contribution in [-0.4, -0.2) is 13.2 Å². The van der Waals surface area contributed by atoms with Crippen LogP contribution in [-0.2, 0) is 0 Å². The molecule has 1 unspecified atom stereocenters. The third-order valence-corrected chi connectivity index (χ3v) is 4.26. The Morgan fingerprint density at radius 1 is 1.17 bits per heavy atom. The minimum atomic E-state index is 0.138. The van der Waals surface area contributed by atoms with Gasteiger partial charge in [0, 0.05) is 17.3 Å². The highest BCUT2D eigenvalue weighted by atomic mass is 35.5. The highest BCUT2D eigenvalue weighted by Crippen LogP contribution is 2.29. The van der Waals surface area contributed by atoms with Gasteiger partial charge in [0.1, 0.15) is 5.75 Å². The van der Waals surface area contributed by atoms with Crippen LogP contribution in [0.25, 0.3) is 0 Å². The number of thiophene rings is 1. The monoisotopic (exact) mass is 301 g/mol. The Balaban J connectivity index is 2.02. The van der Waals surface area contributed by atoms with Gasteiger partial charge in [0.05, 0.1) is 16.0 Å². The van der Waals surface area contributed by atoms with E-state index in [1.807, 2.05) is 30.3 Å². The summed E-state index contributed by atoms with van der Waals surface area (Å²) in [6.07, 6.45) is 0. The molecule has 0 amide bonds. The van der Waals surface area contributed by atoms with Gasteiger partial charge in [-0.1, -0.05) is 35.3 Å². The van der Waals surface area contributed by atoms with Gasteiger partial charge in [0.2, 0.25) is 0 Å². The SMILES string of the molecule is NCC(COc1ccccc1Cl)c1ccc(Cl)s1. The van der Waals surface area contributed by atoms with Gasteiger partial charge in [-0.25, -0.2) is 0 Å². The number of hydrogen-bond donors (Lipinski definition) is 1. The Morgan fingerprint density at radius 2 is 1.94 bits per heavy atom. The molecule has 0 saturated carbocycles. The van der Waals surface area contributed by atoms with Crippen LogP contribution >= 0.6 is 34.5 Å². The summed E-state index contributed by atoms with van der Waals surface area (Å²) in [5, 5.41) is 0.609. The van der Waals surface area contributed by atoms with Gasteiger partial charge in [-0.3, -0.25) is 0 Å². The van der Waals surface area contributed by atoms with E-state index in [-0.39, 0.29) is 5.92 Å². The Kier molecular flexibility index (Phi) is 4.89. The molecule has 2 rings (SSSR count). The molecule has 0 bridgehead atoms. The fraction of sp³-hybridized carbons (Fsp3) is 0.231. The second-order valence-corrected chi connectivity index (χ2v) is 5.97. The van der Waals surface area contributed by atoms with Crippen molar-refractivity contribution >= 4 is 34.5 Å². The number of ether oxygens (including phenoxy) is 1. The molecule has 1 atom stereocenters. The summed E-state index contributed by atoms with van der Waals surface area (Å²) in [4.78, 5) is 1.13. The predicted molar refractivity (Wildman–Crippen MR) is 78.1 cm³/mol. The van der Waals surface area contributed by atoms with Crippen molar-refractivity contribution < 1.29 is 4.74 Å². The van der Waals surface area contributed by atoms with Gasteiger partial charge in [-0.2, -0.15) is 0 Å². The average molecular weight is 302 g/mol. The average Bonchev–Trinajstić information content (AvgIpc) is 2.79. The maximum atomic E-state index is 6.03. The normalized spacial score (nSPS) is 12.4. The zero-order valence-corrected chi connectivity index (χ0v) is 11.9. The molecule has 5 heteroatoms. The molecule has 1 heterocycles. The van der Waals surface area contributed by atoms with Crippen LogP contribution in [0, 0.1) is 0 Å². The van der Waals surface area contributed by atoms with Gasteiger partial charge in [0.15, 0.2) is 0 Å². The van der Waals surface area contributed by atoms with E-state index in [9.17, 15) is 0 Å². The fourth-order valence-corrected chi connectivity index (χ4v) is 2.91. The van der Waals surface area contributed by atoms with E-state index in [1.54, 1.807) is 6.07 Å². The lowest BCUT2D eigenvalue weighted by Gasteiger charge is -2.15. The topological polar surface area (TPSA) is 35.2 Å². The lowest BCUT2D eigenvalue weighted by molar-refractivity contribution is 0.292. The highest BCUT2D eigenvalue weighted by Gasteiger charge is 2.13. The Hall–Kier alpha value is -0.740. The van der Waals surface area contributed by atoms with E-state index in [1.165, 1.54) is 11.3 Å². The first-order chi connectivity index (χ1) is 8.70. The van der Waals surface area contributed by atoms with Gasteiger partial charge < -0.3 is 10.5 Å². The van der Waals surface area contributed by atoms with E-state index in [2.05, 4.69) is 0 Å². The molecule has 0 aliphatic heterocycles. The summed E-state index contributed by atoms with van der Waals surface area (Å²) < 4.78 is 6.47.